The molecule has 1 N–H and O–H groups in total. The maximum atomic E-state index is 12.9. The molecular formula is C24H27F3N4O. The molecule has 0 saturated heterocycles. The van der Waals surface area contributed by atoms with E-state index in [-0.39, 0.29) is 11.6 Å². The van der Waals surface area contributed by atoms with Gasteiger partial charge in [0, 0.05) is 31.1 Å². The number of aromatic nitrogens is 2. The zero-order chi connectivity index (χ0) is 22.7. The second-order valence-corrected chi connectivity index (χ2v) is 8.34. The molecule has 2 aromatic carbocycles. The normalized spacial score (nSPS) is 18.8. The number of halogens is 3. The van der Waals surface area contributed by atoms with E-state index in [1.54, 1.807) is 19.2 Å². The summed E-state index contributed by atoms with van der Waals surface area (Å²) in [7, 11) is 3.62. The molecule has 170 valence electrons. The van der Waals surface area contributed by atoms with Crippen LogP contribution in [0, 0.1) is 0 Å². The van der Waals surface area contributed by atoms with Crippen molar-refractivity contribution in [2.24, 2.45) is 0 Å². The van der Waals surface area contributed by atoms with Gasteiger partial charge in [-0.2, -0.15) is 13.2 Å². The number of methoxy groups -OCH3 is 1. The number of nitrogens with one attached hydrogen (secondary N) is 1. The molecule has 0 bridgehead atoms. The van der Waals surface area contributed by atoms with Crippen molar-refractivity contribution in [3.05, 3.63) is 59.9 Å². The topological polar surface area (TPSA) is 50.3 Å². The molecule has 0 aliphatic heterocycles. The summed E-state index contributed by atoms with van der Waals surface area (Å²) >= 11 is 0. The van der Waals surface area contributed by atoms with Crippen LogP contribution in [-0.4, -0.2) is 42.4 Å². The van der Waals surface area contributed by atoms with E-state index in [4.69, 9.17) is 4.74 Å². The van der Waals surface area contributed by atoms with Crippen molar-refractivity contribution in [3.8, 4) is 5.75 Å². The van der Waals surface area contributed by atoms with Crippen LogP contribution in [0.2, 0.25) is 0 Å². The molecule has 3 aromatic rings. The van der Waals surface area contributed by atoms with Crippen molar-refractivity contribution in [3.63, 3.8) is 0 Å². The second kappa shape index (κ2) is 9.32. The van der Waals surface area contributed by atoms with Crippen molar-refractivity contribution in [2.75, 3.05) is 19.1 Å². The number of hydrogen-bond acceptors (Lipinski definition) is 5. The van der Waals surface area contributed by atoms with Crippen LogP contribution in [-0.2, 0) is 13.0 Å². The van der Waals surface area contributed by atoms with Gasteiger partial charge in [-0.15, -0.1) is 0 Å². The number of anilines is 1. The van der Waals surface area contributed by atoms with Gasteiger partial charge in [-0.25, -0.2) is 9.97 Å². The first-order valence-corrected chi connectivity index (χ1v) is 10.7. The first-order valence-electron chi connectivity index (χ1n) is 10.7. The molecule has 1 aliphatic carbocycles. The molecule has 0 radical (unpaired) electrons. The lowest BCUT2D eigenvalue weighted by molar-refractivity contribution is -0.127. The highest BCUT2D eigenvalue weighted by Gasteiger charge is 2.30. The van der Waals surface area contributed by atoms with Gasteiger partial charge in [0.05, 0.1) is 19.0 Å². The number of fused-ring (bicyclic) bond motifs is 1. The van der Waals surface area contributed by atoms with Crippen LogP contribution in [0.3, 0.4) is 0 Å². The average molecular weight is 445 g/mol. The van der Waals surface area contributed by atoms with Crippen LogP contribution in [0.15, 0.2) is 48.8 Å². The highest BCUT2D eigenvalue weighted by Crippen LogP contribution is 2.32. The average Bonchev–Trinajstić information content (AvgIpc) is 3.25. The van der Waals surface area contributed by atoms with Crippen LogP contribution in [0.1, 0.15) is 30.4 Å². The molecule has 2 atom stereocenters. The Balaban J connectivity index is 1.43. The summed E-state index contributed by atoms with van der Waals surface area (Å²) < 4.78 is 43.8. The fraction of sp³-hybridized carbons (Fsp3) is 0.417. The Labute approximate surface area is 185 Å². The van der Waals surface area contributed by atoms with Crippen molar-refractivity contribution in [1.29, 1.82) is 0 Å². The van der Waals surface area contributed by atoms with Crippen molar-refractivity contribution < 1.29 is 17.9 Å². The summed E-state index contributed by atoms with van der Waals surface area (Å²) in [5.74, 6) is 1.52. The molecule has 1 saturated carbocycles. The van der Waals surface area contributed by atoms with E-state index in [2.05, 4.69) is 32.3 Å². The lowest BCUT2D eigenvalue weighted by atomic mass is 10.1. The minimum absolute atomic E-state index is 0.222. The van der Waals surface area contributed by atoms with Gasteiger partial charge in [-0.3, -0.25) is 0 Å². The lowest BCUT2D eigenvalue weighted by Gasteiger charge is -2.27. The second-order valence-electron chi connectivity index (χ2n) is 8.34. The van der Waals surface area contributed by atoms with Crippen LogP contribution >= 0.6 is 0 Å². The van der Waals surface area contributed by atoms with Crippen LogP contribution < -0.4 is 15.0 Å². The van der Waals surface area contributed by atoms with Crippen molar-refractivity contribution >= 4 is 16.7 Å². The summed E-state index contributed by atoms with van der Waals surface area (Å²) in [6.45, 7) is 0.780. The third kappa shape index (κ3) is 5.30. The Bertz CT molecular complexity index is 1060. The number of nitrogens with zero attached hydrogens (tertiary/aromatic N) is 3. The van der Waals surface area contributed by atoms with Crippen molar-refractivity contribution in [1.82, 2.24) is 15.3 Å². The number of hydrogen-bond donors (Lipinski definition) is 1. The molecule has 1 fully saturated rings. The van der Waals surface area contributed by atoms with E-state index in [1.165, 1.54) is 18.0 Å². The zero-order valence-electron chi connectivity index (χ0n) is 18.2. The van der Waals surface area contributed by atoms with Gasteiger partial charge in [0.15, 0.2) is 0 Å². The monoisotopic (exact) mass is 444 g/mol. The molecule has 8 heteroatoms. The Morgan fingerprint density at radius 2 is 1.81 bits per heavy atom. The third-order valence-corrected chi connectivity index (χ3v) is 6.12. The summed E-state index contributed by atoms with van der Waals surface area (Å²) in [4.78, 5) is 10.8. The summed E-state index contributed by atoms with van der Waals surface area (Å²) in [6, 6.07) is 13.3. The standard InChI is InChI=1S/C24H27F3N4O/c1-31(19-7-6-18(12-19)28-14-16-3-8-20(32-2)9-4-16)23-21-11-17(13-24(25,26)27)5-10-22(21)29-15-30-23/h3-5,8-11,15,18-19,28H,6-7,12-14H2,1-2H3/t18-,19+/m0/s1. The highest BCUT2D eigenvalue weighted by atomic mass is 19.4. The molecule has 32 heavy (non-hydrogen) atoms. The van der Waals surface area contributed by atoms with Gasteiger partial charge in [-0.1, -0.05) is 18.2 Å². The molecule has 1 aromatic heterocycles. The Hall–Kier alpha value is -2.87. The quantitative estimate of drug-likeness (QED) is 0.562. The maximum absolute atomic E-state index is 12.9. The first-order chi connectivity index (χ1) is 15.3. The van der Waals surface area contributed by atoms with Crippen LogP contribution in [0.25, 0.3) is 10.9 Å². The Morgan fingerprint density at radius 3 is 2.53 bits per heavy atom. The molecule has 1 aliphatic rings. The zero-order valence-corrected chi connectivity index (χ0v) is 18.2. The van der Waals surface area contributed by atoms with Crippen LogP contribution in [0.4, 0.5) is 19.0 Å². The summed E-state index contributed by atoms with van der Waals surface area (Å²) in [5.41, 5.74) is 2.07. The van der Waals surface area contributed by atoms with Gasteiger partial charge < -0.3 is 15.0 Å². The number of alkyl halides is 3. The van der Waals surface area contributed by atoms with Gasteiger partial charge in [0.2, 0.25) is 0 Å². The molecule has 0 spiro atoms. The van der Waals surface area contributed by atoms with E-state index < -0.39 is 12.6 Å². The maximum Gasteiger partial charge on any atom is 0.393 e. The van der Waals surface area contributed by atoms with E-state index in [1.807, 2.05) is 19.2 Å². The highest BCUT2D eigenvalue weighted by molar-refractivity contribution is 5.89. The summed E-state index contributed by atoms with van der Waals surface area (Å²) in [5, 5.41) is 4.28. The number of benzene rings is 2. The minimum atomic E-state index is -4.25. The predicted molar refractivity (Wildman–Crippen MR) is 119 cm³/mol. The minimum Gasteiger partial charge on any atom is -0.497 e. The molecule has 5 nitrogen and oxygen atoms in total. The molecule has 0 unspecified atom stereocenters. The SMILES string of the molecule is COc1ccc(CN[C@H]2CC[C@@H](N(C)c3ncnc4ccc(CC(F)(F)F)cc34)C2)cc1. The lowest BCUT2D eigenvalue weighted by Crippen LogP contribution is -2.33. The van der Waals surface area contributed by atoms with Crippen LogP contribution in [0.5, 0.6) is 5.75 Å². The number of ether oxygens (including phenoxy) is 1. The fourth-order valence-electron chi connectivity index (χ4n) is 4.39. The third-order valence-electron chi connectivity index (χ3n) is 6.12. The van der Waals surface area contributed by atoms with E-state index in [0.29, 0.717) is 22.8 Å². The van der Waals surface area contributed by atoms with E-state index >= 15 is 0 Å². The number of rotatable bonds is 7. The first kappa shape index (κ1) is 22.3. The summed E-state index contributed by atoms with van der Waals surface area (Å²) in [6.07, 6.45) is -0.754. The van der Waals surface area contributed by atoms with Gasteiger partial charge in [0.1, 0.15) is 17.9 Å². The fourth-order valence-corrected chi connectivity index (χ4v) is 4.39. The van der Waals surface area contributed by atoms with Gasteiger partial charge >= 0.3 is 6.18 Å². The van der Waals surface area contributed by atoms with E-state index in [9.17, 15) is 13.2 Å². The van der Waals surface area contributed by atoms with Crippen molar-refractivity contribution in [2.45, 2.75) is 50.5 Å². The molecule has 4 rings (SSSR count). The van der Waals surface area contributed by atoms with Gasteiger partial charge in [0.25, 0.3) is 0 Å². The Kier molecular flexibility index (Phi) is 6.50. The predicted octanol–water partition coefficient (Wildman–Crippen LogP) is 4.89. The molecular weight excluding hydrogens is 417 g/mol. The smallest absolute Gasteiger partial charge is 0.393 e. The molecule has 0 amide bonds. The van der Waals surface area contributed by atoms with E-state index in [0.717, 1.165) is 31.6 Å². The molecule has 1 heterocycles. The Morgan fingerprint density at radius 1 is 1.06 bits per heavy atom. The largest absolute Gasteiger partial charge is 0.497 e. The van der Waals surface area contributed by atoms with Gasteiger partial charge in [-0.05, 0) is 54.7 Å².